The summed E-state index contributed by atoms with van der Waals surface area (Å²) in [6, 6.07) is 5.62. The van der Waals surface area contributed by atoms with Gasteiger partial charge in [-0.05, 0) is 31.0 Å². The molecule has 19 heavy (non-hydrogen) atoms. The van der Waals surface area contributed by atoms with Gasteiger partial charge in [0.25, 0.3) is 5.79 Å². The van der Waals surface area contributed by atoms with E-state index >= 15 is 0 Å². The number of cyclic esters (lactones) is 2. The van der Waals surface area contributed by atoms with Gasteiger partial charge in [0.1, 0.15) is 5.82 Å². The number of hydrogen-bond donors (Lipinski definition) is 0. The van der Waals surface area contributed by atoms with Gasteiger partial charge in [0.05, 0.1) is 0 Å². The molecule has 4 nitrogen and oxygen atoms in total. The Morgan fingerprint density at radius 1 is 1.00 bits per heavy atom. The fraction of sp³-hybridized carbons (Fsp3) is 0.429. The molecule has 1 heterocycles. The maximum atomic E-state index is 12.8. The number of carbonyl (C=O) groups is 2. The van der Waals surface area contributed by atoms with Gasteiger partial charge in [-0.1, -0.05) is 12.1 Å². The molecule has 0 atom stereocenters. The Labute approximate surface area is 110 Å². The van der Waals surface area contributed by atoms with Crippen molar-refractivity contribution in [2.75, 3.05) is 0 Å². The molecule has 0 aliphatic carbocycles. The van der Waals surface area contributed by atoms with E-state index in [4.69, 9.17) is 9.47 Å². The first-order valence-electron chi connectivity index (χ1n) is 5.94. The van der Waals surface area contributed by atoms with Crippen LogP contribution in [0.15, 0.2) is 24.3 Å². The first kappa shape index (κ1) is 13.5. The molecule has 0 bridgehead atoms. The number of esters is 2. The molecule has 102 valence electrons. The van der Waals surface area contributed by atoms with Crippen molar-refractivity contribution in [3.63, 3.8) is 0 Å². The summed E-state index contributed by atoms with van der Waals surface area (Å²) in [5, 5.41) is 0. The summed E-state index contributed by atoms with van der Waals surface area (Å²) in [6.45, 7) is 4.47. The van der Waals surface area contributed by atoms with Crippen LogP contribution in [0, 0.1) is 11.2 Å². The van der Waals surface area contributed by atoms with Crippen LogP contribution < -0.4 is 0 Å². The van der Waals surface area contributed by atoms with Crippen LogP contribution in [-0.2, 0) is 25.5 Å². The van der Waals surface area contributed by atoms with E-state index < -0.39 is 23.1 Å². The quantitative estimate of drug-likeness (QED) is 0.608. The van der Waals surface area contributed by atoms with E-state index in [-0.39, 0.29) is 12.2 Å². The van der Waals surface area contributed by atoms with Crippen molar-refractivity contribution in [3.05, 3.63) is 35.6 Å². The second-order valence-corrected chi connectivity index (χ2v) is 5.31. The lowest BCUT2D eigenvalue weighted by atomic mass is 9.82. The van der Waals surface area contributed by atoms with Crippen LogP contribution in [0.1, 0.15) is 26.3 Å². The molecular weight excluding hydrogens is 251 g/mol. The summed E-state index contributed by atoms with van der Waals surface area (Å²) in [6.07, 6.45) is 0.112. The Hall–Kier alpha value is -1.91. The Morgan fingerprint density at radius 3 is 1.95 bits per heavy atom. The molecule has 0 saturated carbocycles. The van der Waals surface area contributed by atoms with Crippen molar-refractivity contribution in [3.8, 4) is 0 Å². The van der Waals surface area contributed by atoms with Gasteiger partial charge in [0.15, 0.2) is 5.41 Å². The van der Waals surface area contributed by atoms with Gasteiger partial charge in [-0.15, -0.1) is 0 Å². The van der Waals surface area contributed by atoms with E-state index in [1.54, 1.807) is 0 Å². The lowest BCUT2D eigenvalue weighted by Gasteiger charge is -2.38. The fourth-order valence-electron chi connectivity index (χ4n) is 1.93. The lowest BCUT2D eigenvalue weighted by Crippen LogP contribution is -2.53. The molecule has 5 heteroatoms. The first-order valence-corrected chi connectivity index (χ1v) is 5.94. The SMILES string of the molecule is CC1(C)OC(=O)C(C)(Cc2ccc(F)cc2)C(=O)O1. The van der Waals surface area contributed by atoms with Crippen molar-refractivity contribution in [2.24, 2.45) is 5.41 Å². The molecule has 1 aromatic rings. The zero-order valence-electron chi connectivity index (χ0n) is 11.0. The third-order valence-corrected chi connectivity index (χ3v) is 3.05. The predicted molar refractivity (Wildman–Crippen MR) is 64.5 cm³/mol. The monoisotopic (exact) mass is 266 g/mol. The Kier molecular flexibility index (Phi) is 3.08. The molecular formula is C14H15FO4. The molecule has 0 aromatic heterocycles. The normalized spacial score (nSPS) is 20.6. The standard InChI is InChI=1S/C14H15FO4/c1-13(2)18-11(16)14(3,12(17)19-13)8-9-4-6-10(15)7-5-9/h4-7H,8H2,1-3H3. The van der Waals surface area contributed by atoms with Crippen molar-refractivity contribution < 1.29 is 23.5 Å². The summed E-state index contributed by atoms with van der Waals surface area (Å²) in [5.74, 6) is -2.86. The van der Waals surface area contributed by atoms with Crippen LogP contribution in [0.2, 0.25) is 0 Å². The van der Waals surface area contributed by atoms with Crippen LogP contribution in [0.3, 0.4) is 0 Å². The Bertz CT molecular complexity index is 499. The topological polar surface area (TPSA) is 52.6 Å². The fourth-order valence-corrected chi connectivity index (χ4v) is 1.93. The van der Waals surface area contributed by atoms with Gasteiger partial charge in [-0.3, -0.25) is 9.59 Å². The number of halogens is 1. The summed E-state index contributed by atoms with van der Waals surface area (Å²) in [5.41, 5.74) is -0.731. The second kappa shape index (κ2) is 4.33. The number of hydrogen-bond acceptors (Lipinski definition) is 4. The molecule has 2 rings (SSSR count). The molecule has 1 aliphatic rings. The van der Waals surface area contributed by atoms with E-state index in [0.717, 1.165) is 0 Å². The predicted octanol–water partition coefficient (Wildman–Crippen LogP) is 2.21. The average Bonchev–Trinajstić information content (AvgIpc) is 2.29. The highest BCUT2D eigenvalue weighted by Gasteiger charge is 2.52. The minimum Gasteiger partial charge on any atom is -0.422 e. The second-order valence-electron chi connectivity index (χ2n) is 5.31. The van der Waals surface area contributed by atoms with Crippen LogP contribution in [0.25, 0.3) is 0 Å². The maximum Gasteiger partial charge on any atom is 0.326 e. The molecule has 0 amide bonds. The number of carbonyl (C=O) groups excluding carboxylic acids is 2. The maximum absolute atomic E-state index is 12.8. The molecule has 1 fully saturated rings. The summed E-state index contributed by atoms with van der Waals surface area (Å²) < 4.78 is 23.0. The van der Waals surface area contributed by atoms with Crippen LogP contribution in [0.5, 0.6) is 0 Å². The van der Waals surface area contributed by atoms with Crippen molar-refractivity contribution >= 4 is 11.9 Å². The first-order chi connectivity index (χ1) is 8.73. The smallest absolute Gasteiger partial charge is 0.326 e. The highest BCUT2D eigenvalue weighted by atomic mass is 19.1. The average molecular weight is 266 g/mol. The zero-order valence-corrected chi connectivity index (χ0v) is 11.0. The Balaban J connectivity index is 2.25. The van der Waals surface area contributed by atoms with Crippen LogP contribution in [-0.4, -0.2) is 17.7 Å². The third-order valence-electron chi connectivity index (χ3n) is 3.05. The van der Waals surface area contributed by atoms with E-state index in [9.17, 15) is 14.0 Å². The summed E-state index contributed by atoms with van der Waals surface area (Å²) >= 11 is 0. The van der Waals surface area contributed by atoms with Gasteiger partial charge < -0.3 is 9.47 Å². The largest absolute Gasteiger partial charge is 0.422 e. The van der Waals surface area contributed by atoms with Gasteiger partial charge >= 0.3 is 11.9 Å². The number of ether oxygens (including phenoxy) is 2. The van der Waals surface area contributed by atoms with Crippen molar-refractivity contribution in [1.29, 1.82) is 0 Å². The molecule has 1 aliphatic heterocycles. The number of benzene rings is 1. The molecule has 0 spiro atoms. The summed E-state index contributed by atoms with van der Waals surface area (Å²) in [4.78, 5) is 24.0. The van der Waals surface area contributed by atoms with E-state index in [0.29, 0.717) is 5.56 Å². The zero-order chi connectivity index (χ0) is 14.3. The highest BCUT2D eigenvalue weighted by Crippen LogP contribution is 2.34. The van der Waals surface area contributed by atoms with Gasteiger partial charge in [-0.25, -0.2) is 4.39 Å². The highest BCUT2D eigenvalue weighted by molar-refractivity contribution is 6.01. The van der Waals surface area contributed by atoms with Crippen LogP contribution in [0.4, 0.5) is 4.39 Å². The molecule has 0 N–H and O–H groups in total. The molecule has 0 radical (unpaired) electrons. The van der Waals surface area contributed by atoms with Crippen LogP contribution >= 0.6 is 0 Å². The lowest BCUT2D eigenvalue weighted by molar-refractivity contribution is -0.249. The van der Waals surface area contributed by atoms with Crippen molar-refractivity contribution in [2.45, 2.75) is 33.0 Å². The Morgan fingerprint density at radius 2 is 1.47 bits per heavy atom. The number of rotatable bonds is 2. The van der Waals surface area contributed by atoms with E-state index in [1.165, 1.54) is 45.0 Å². The van der Waals surface area contributed by atoms with E-state index in [1.807, 2.05) is 0 Å². The van der Waals surface area contributed by atoms with Gasteiger partial charge in [0, 0.05) is 13.8 Å². The molecule has 1 saturated heterocycles. The third kappa shape index (κ3) is 2.59. The van der Waals surface area contributed by atoms with Gasteiger partial charge in [0.2, 0.25) is 0 Å². The molecule has 1 aromatic carbocycles. The molecule has 0 unspecified atom stereocenters. The van der Waals surface area contributed by atoms with Crippen molar-refractivity contribution in [1.82, 2.24) is 0 Å². The van der Waals surface area contributed by atoms with Gasteiger partial charge in [-0.2, -0.15) is 0 Å². The minimum atomic E-state index is -1.40. The summed E-state index contributed by atoms with van der Waals surface area (Å²) in [7, 11) is 0. The van der Waals surface area contributed by atoms with E-state index in [2.05, 4.69) is 0 Å². The minimum absolute atomic E-state index is 0.112.